The molecule has 124 valence electrons. The second kappa shape index (κ2) is 7.34. The van der Waals surface area contributed by atoms with Crippen LogP contribution in [0.25, 0.3) is 0 Å². The molecule has 0 radical (unpaired) electrons. The molecule has 0 atom stereocenters. The number of sulfone groups is 1. The fourth-order valence-electron chi connectivity index (χ4n) is 2.75. The summed E-state index contributed by atoms with van der Waals surface area (Å²) >= 11 is 0. The third-order valence-corrected chi connectivity index (χ3v) is 5.06. The molecule has 1 heterocycles. The molecule has 0 saturated carbocycles. The number of hydrogen-bond donors (Lipinski definition) is 2. The van der Waals surface area contributed by atoms with E-state index in [1.54, 1.807) is 12.1 Å². The quantitative estimate of drug-likeness (QED) is 0.868. The molecular weight excluding hydrogens is 332 g/mol. The van der Waals surface area contributed by atoms with Crippen molar-refractivity contribution in [3.63, 3.8) is 0 Å². The van der Waals surface area contributed by atoms with Crippen LogP contribution in [-0.2, 0) is 29.3 Å². The van der Waals surface area contributed by atoms with E-state index in [0.29, 0.717) is 11.4 Å². The predicted molar refractivity (Wildman–Crippen MR) is 96.0 cm³/mol. The zero-order valence-electron chi connectivity index (χ0n) is 13.0. The fourth-order valence-corrected chi connectivity index (χ4v) is 3.38. The van der Waals surface area contributed by atoms with Crippen LogP contribution in [0.1, 0.15) is 16.7 Å². The number of halogens is 1. The minimum absolute atomic E-state index is 0. The van der Waals surface area contributed by atoms with Crippen molar-refractivity contribution in [2.75, 3.05) is 18.1 Å². The molecule has 0 saturated heterocycles. The number of hydrogen-bond acceptors (Lipinski definition) is 4. The second-order valence-corrected chi connectivity index (χ2v) is 7.66. The molecule has 0 aliphatic carbocycles. The fraction of sp³-hybridized carbons (Fsp3) is 0.294. The van der Waals surface area contributed by atoms with Crippen LogP contribution in [0.2, 0.25) is 0 Å². The molecule has 0 aromatic heterocycles. The Morgan fingerprint density at radius 2 is 1.83 bits per heavy atom. The van der Waals surface area contributed by atoms with Gasteiger partial charge in [0.25, 0.3) is 0 Å². The van der Waals surface area contributed by atoms with Crippen molar-refractivity contribution in [1.29, 1.82) is 0 Å². The lowest BCUT2D eigenvalue weighted by molar-refractivity contribution is 0.602. The Hall–Kier alpha value is -1.56. The van der Waals surface area contributed by atoms with E-state index in [1.165, 1.54) is 23.1 Å². The molecule has 0 fully saturated rings. The average molecular weight is 353 g/mol. The number of fused-ring (bicyclic) bond motifs is 1. The first-order valence-corrected chi connectivity index (χ1v) is 9.27. The minimum atomic E-state index is -3.12. The van der Waals surface area contributed by atoms with Gasteiger partial charge in [0.2, 0.25) is 0 Å². The van der Waals surface area contributed by atoms with Gasteiger partial charge in [-0.15, -0.1) is 12.4 Å². The van der Waals surface area contributed by atoms with E-state index in [2.05, 4.69) is 28.8 Å². The summed E-state index contributed by atoms with van der Waals surface area (Å²) in [5.74, 6) is 0. The van der Waals surface area contributed by atoms with Crippen molar-refractivity contribution in [3.8, 4) is 0 Å². The number of rotatable bonds is 5. The van der Waals surface area contributed by atoms with Crippen LogP contribution in [0.15, 0.2) is 47.4 Å². The molecular formula is C17H21ClN2O2S. The van der Waals surface area contributed by atoms with E-state index in [-0.39, 0.29) is 12.4 Å². The van der Waals surface area contributed by atoms with E-state index in [1.807, 2.05) is 12.1 Å². The summed E-state index contributed by atoms with van der Waals surface area (Å²) in [4.78, 5) is 0.362. The molecule has 23 heavy (non-hydrogen) atoms. The second-order valence-electron chi connectivity index (χ2n) is 5.65. The van der Waals surface area contributed by atoms with E-state index in [9.17, 15) is 8.42 Å². The van der Waals surface area contributed by atoms with Crippen molar-refractivity contribution >= 4 is 27.9 Å². The van der Waals surface area contributed by atoms with Crippen LogP contribution in [-0.4, -0.2) is 21.2 Å². The highest BCUT2D eigenvalue weighted by molar-refractivity contribution is 7.90. The minimum Gasteiger partial charge on any atom is -0.384 e. The lowest BCUT2D eigenvalue weighted by Crippen LogP contribution is -2.14. The maximum Gasteiger partial charge on any atom is 0.175 e. The highest BCUT2D eigenvalue weighted by Gasteiger charge is 2.13. The van der Waals surface area contributed by atoms with Crippen molar-refractivity contribution in [1.82, 2.24) is 5.32 Å². The van der Waals surface area contributed by atoms with Crippen LogP contribution >= 0.6 is 12.4 Å². The van der Waals surface area contributed by atoms with Gasteiger partial charge >= 0.3 is 0 Å². The van der Waals surface area contributed by atoms with Crippen LogP contribution < -0.4 is 10.6 Å². The van der Waals surface area contributed by atoms with E-state index < -0.39 is 9.84 Å². The van der Waals surface area contributed by atoms with Crippen LogP contribution in [0, 0.1) is 0 Å². The van der Waals surface area contributed by atoms with Gasteiger partial charge in [-0.1, -0.05) is 30.3 Å². The maximum absolute atomic E-state index is 11.4. The van der Waals surface area contributed by atoms with Crippen molar-refractivity contribution in [3.05, 3.63) is 59.2 Å². The van der Waals surface area contributed by atoms with Crippen molar-refractivity contribution in [2.45, 2.75) is 24.4 Å². The molecule has 2 aromatic carbocycles. The highest BCUT2D eigenvalue weighted by Crippen LogP contribution is 2.26. The first kappa shape index (κ1) is 17.8. The summed E-state index contributed by atoms with van der Waals surface area (Å²) in [7, 11) is -3.12. The molecule has 0 unspecified atom stereocenters. The van der Waals surface area contributed by atoms with E-state index in [4.69, 9.17) is 0 Å². The zero-order valence-corrected chi connectivity index (χ0v) is 14.6. The summed E-state index contributed by atoms with van der Waals surface area (Å²) in [6, 6.07) is 13.4. The van der Waals surface area contributed by atoms with Crippen molar-refractivity contribution < 1.29 is 8.42 Å². The molecule has 0 amide bonds. The highest BCUT2D eigenvalue weighted by atomic mass is 35.5. The Morgan fingerprint density at radius 1 is 1.09 bits per heavy atom. The standard InChI is InChI=1S/C17H20N2O2S.ClH/c1-22(20,21)16-7-5-13(6-8-16)11-18-12-15-4-2-3-14-9-10-19-17(14)15;/h2-8,18-19H,9-12H2,1H3;1H. The molecule has 3 rings (SSSR count). The summed E-state index contributed by atoms with van der Waals surface area (Å²) in [5, 5.41) is 6.85. The smallest absolute Gasteiger partial charge is 0.175 e. The lowest BCUT2D eigenvalue weighted by atomic mass is 10.1. The van der Waals surface area contributed by atoms with E-state index >= 15 is 0 Å². The van der Waals surface area contributed by atoms with Crippen LogP contribution in [0.5, 0.6) is 0 Å². The molecule has 4 nitrogen and oxygen atoms in total. The molecule has 2 aromatic rings. The van der Waals surface area contributed by atoms with Gasteiger partial charge in [0, 0.05) is 31.6 Å². The third-order valence-electron chi connectivity index (χ3n) is 3.93. The van der Waals surface area contributed by atoms with Gasteiger partial charge in [-0.05, 0) is 35.2 Å². The van der Waals surface area contributed by atoms with Crippen molar-refractivity contribution in [2.24, 2.45) is 0 Å². The molecule has 2 N–H and O–H groups in total. The first-order valence-electron chi connectivity index (χ1n) is 7.38. The normalized spacial score (nSPS) is 13.1. The molecule has 6 heteroatoms. The van der Waals surface area contributed by atoms with Gasteiger partial charge in [0.1, 0.15) is 0 Å². The number of nitrogens with one attached hydrogen (secondary N) is 2. The van der Waals surface area contributed by atoms with Gasteiger partial charge in [-0.25, -0.2) is 8.42 Å². The molecule has 1 aliphatic heterocycles. The summed E-state index contributed by atoms with van der Waals surface area (Å²) < 4.78 is 22.9. The average Bonchev–Trinajstić information content (AvgIpc) is 2.96. The van der Waals surface area contributed by atoms with Gasteiger partial charge in [0.05, 0.1) is 4.90 Å². The number of anilines is 1. The maximum atomic E-state index is 11.4. The number of para-hydroxylation sites is 1. The monoisotopic (exact) mass is 352 g/mol. The van der Waals surface area contributed by atoms with Crippen LogP contribution in [0.4, 0.5) is 5.69 Å². The topological polar surface area (TPSA) is 58.2 Å². The SMILES string of the molecule is CS(=O)(=O)c1ccc(CNCc2cccc3c2NCC3)cc1.Cl. The number of benzene rings is 2. The summed E-state index contributed by atoms with van der Waals surface area (Å²) in [6.45, 7) is 2.52. The Kier molecular flexibility index (Phi) is 5.68. The van der Waals surface area contributed by atoms with E-state index in [0.717, 1.165) is 25.1 Å². The molecule has 1 aliphatic rings. The Labute approximate surface area is 143 Å². The summed E-state index contributed by atoms with van der Waals surface area (Å²) in [5.41, 5.74) is 5.01. The van der Waals surface area contributed by atoms with Gasteiger partial charge in [0.15, 0.2) is 9.84 Å². The third kappa shape index (κ3) is 4.25. The Bertz CT molecular complexity index is 774. The van der Waals surface area contributed by atoms with Crippen LogP contribution in [0.3, 0.4) is 0 Å². The Balaban J connectivity index is 0.00000192. The molecule has 0 spiro atoms. The van der Waals surface area contributed by atoms with Gasteiger partial charge in [-0.2, -0.15) is 0 Å². The van der Waals surface area contributed by atoms with Gasteiger partial charge in [-0.3, -0.25) is 0 Å². The molecule has 0 bridgehead atoms. The van der Waals surface area contributed by atoms with Gasteiger partial charge < -0.3 is 10.6 Å². The lowest BCUT2D eigenvalue weighted by Gasteiger charge is -2.10. The largest absolute Gasteiger partial charge is 0.384 e. The summed E-state index contributed by atoms with van der Waals surface area (Å²) in [6.07, 6.45) is 2.32. The zero-order chi connectivity index (χ0) is 15.6. The Morgan fingerprint density at radius 3 is 2.52 bits per heavy atom. The predicted octanol–water partition coefficient (Wildman–Crippen LogP) is 2.77. The first-order chi connectivity index (χ1) is 10.5.